The highest BCUT2D eigenvalue weighted by atomic mass is 32.2. The van der Waals surface area contributed by atoms with Gasteiger partial charge in [0, 0.05) is 11.1 Å². The molecule has 3 N–H and O–H groups in total. The first-order chi connectivity index (χ1) is 31.3. The Morgan fingerprint density at radius 2 is 0.939 bits per heavy atom. The number of rotatable bonds is 16. The first-order valence-electron chi connectivity index (χ1n) is 19.0. The van der Waals surface area contributed by atoms with Gasteiger partial charge in [-0.1, -0.05) is 34.9 Å². The molecule has 66 heavy (non-hydrogen) atoms. The summed E-state index contributed by atoms with van der Waals surface area (Å²) >= 11 is 0.580. The van der Waals surface area contributed by atoms with Crippen molar-refractivity contribution in [3.63, 3.8) is 0 Å². The molecule has 0 saturated heterocycles. The van der Waals surface area contributed by atoms with Crippen LogP contribution in [0.3, 0.4) is 0 Å². The summed E-state index contributed by atoms with van der Waals surface area (Å²) in [7, 11) is -10.7. The molecule has 7 aromatic rings. The van der Waals surface area contributed by atoms with E-state index in [1.165, 1.54) is 72.8 Å². The van der Waals surface area contributed by atoms with E-state index >= 15 is 0 Å². The Kier molecular flexibility index (Phi) is 15.7. The first kappa shape index (κ1) is 48.9. The molecule has 0 aliphatic heterocycles. The lowest BCUT2D eigenvalue weighted by molar-refractivity contribution is -0.432. The summed E-state index contributed by atoms with van der Waals surface area (Å²) in [5.41, 5.74) is 2.47. The number of carbonyl (C=O) groups is 1. The van der Waals surface area contributed by atoms with E-state index in [0.717, 1.165) is 5.56 Å². The molecule has 7 aromatic carbocycles. The lowest BCUT2D eigenvalue weighted by Gasteiger charge is -2.14. The predicted molar refractivity (Wildman–Crippen MR) is 242 cm³/mol. The Morgan fingerprint density at radius 1 is 0.530 bits per heavy atom. The lowest BCUT2D eigenvalue weighted by Crippen LogP contribution is -2.03. The number of ketones is 1. The zero-order valence-corrected chi connectivity index (χ0v) is 38.1. The second-order valence-electron chi connectivity index (χ2n) is 13.9. The summed E-state index contributed by atoms with van der Waals surface area (Å²) in [6.45, 7) is 1.86. The van der Waals surface area contributed by atoms with E-state index in [1.807, 2.05) is 6.92 Å². The van der Waals surface area contributed by atoms with Crippen LogP contribution in [0.5, 0.6) is 40.2 Å². The van der Waals surface area contributed by atoms with Crippen LogP contribution in [0, 0.1) is 6.92 Å². The number of ether oxygens (including phenoxy) is 4. The number of hydrogen-bond acceptors (Lipinski definition) is 15. The Labute approximate surface area is 384 Å². The van der Waals surface area contributed by atoms with Gasteiger partial charge in [0.25, 0.3) is 20.2 Å². The zero-order chi connectivity index (χ0) is 47.6. The summed E-state index contributed by atoms with van der Waals surface area (Å²) in [6, 6.07) is 40.9. The summed E-state index contributed by atoms with van der Waals surface area (Å²) in [4.78, 5) is 13.2. The van der Waals surface area contributed by atoms with Crippen molar-refractivity contribution in [1.29, 1.82) is 0 Å². The Bertz CT molecular complexity index is 3130. The molecule has 342 valence electrons. The summed E-state index contributed by atoms with van der Waals surface area (Å²) in [5, 5.41) is 12.7. The quantitative estimate of drug-likeness (QED) is 0.0268. The number of methoxy groups -OCH3 is 1. The van der Waals surface area contributed by atoms with Gasteiger partial charge in [-0.3, -0.25) is 13.9 Å². The van der Waals surface area contributed by atoms with Crippen LogP contribution in [-0.2, 0) is 39.4 Å². The third kappa shape index (κ3) is 13.3. The second kappa shape index (κ2) is 21.1. The smallest absolute Gasteiger partial charge is 0.298 e. The molecule has 0 aliphatic carbocycles. The predicted octanol–water partition coefficient (Wildman–Crippen LogP) is 10.3. The normalized spacial score (nSPS) is 11.5. The van der Waals surface area contributed by atoms with Crippen molar-refractivity contribution in [3.8, 4) is 51.4 Å². The van der Waals surface area contributed by atoms with Gasteiger partial charge in [-0.15, -0.1) is 4.33 Å². The van der Waals surface area contributed by atoms with Crippen molar-refractivity contribution in [2.75, 3.05) is 13.4 Å². The molecule has 0 atom stereocenters. The van der Waals surface area contributed by atoms with Crippen LogP contribution in [-0.4, -0.2) is 58.8 Å². The SMILES string of the molecule is COc1ccc(Oc2ccc(C(=O)c3ccc(Oc4ccc(-c5ccc(Oc6ccc(S(=O)(=O)c7ccc(C)cc7)cc6)c(SOOO)c5)cc4S(=O)(=O)O)cc3)cc2)cc1.CS(=O)(=O)O. The van der Waals surface area contributed by atoms with Gasteiger partial charge in [0.15, 0.2) is 5.78 Å². The maximum atomic E-state index is 13.2. The van der Waals surface area contributed by atoms with E-state index < -0.39 is 35.0 Å². The molecule has 0 unspecified atom stereocenters. The highest BCUT2D eigenvalue weighted by Crippen LogP contribution is 2.39. The number of hydrogen-bond donors (Lipinski definition) is 3. The van der Waals surface area contributed by atoms with Crippen LogP contribution < -0.4 is 18.9 Å². The average molecular weight is 975 g/mol. The number of aryl methyl sites for hydroxylation is 1. The highest BCUT2D eigenvalue weighted by Gasteiger charge is 2.21. The van der Waals surface area contributed by atoms with Crippen molar-refractivity contribution < 1.29 is 72.7 Å². The van der Waals surface area contributed by atoms with Crippen molar-refractivity contribution in [2.45, 2.75) is 26.5 Å². The minimum Gasteiger partial charge on any atom is -0.497 e. The fourth-order valence-corrected chi connectivity index (χ4v) is 8.32. The molecule has 0 heterocycles. The molecule has 20 heteroatoms. The first-order valence-corrected chi connectivity index (χ1v) is 24.5. The Balaban J connectivity index is 0.00000137. The molecule has 16 nitrogen and oxygen atoms in total. The van der Waals surface area contributed by atoms with Crippen LogP contribution in [0.1, 0.15) is 21.5 Å². The van der Waals surface area contributed by atoms with Crippen molar-refractivity contribution in [3.05, 3.63) is 174 Å². The Hall–Kier alpha value is -6.59. The standard InChI is InChI=1S/C45H34O13S3.CH4O3S/c1-29-3-21-39(22-4-29)60(48,49)40-23-19-38(20-24-40)55-41-25-9-32(27-43(41)59-58-57-47)33-10-26-42(44(28-33)61(50,51)52)56-37-13-7-31(8-14-37)45(46)30-5-11-35(12-6-30)54-36-17-15-34(53-2)16-18-36;1-5(2,3)4/h3-28,47H,1-2H3,(H,50,51,52);1H3,(H,2,3,4). The second-order valence-corrected chi connectivity index (χ2v) is 19.5. The van der Waals surface area contributed by atoms with Crippen molar-refractivity contribution in [1.82, 2.24) is 0 Å². The molecule has 0 aliphatic rings. The van der Waals surface area contributed by atoms with Gasteiger partial charge in [-0.2, -0.15) is 16.8 Å². The van der Waals surface area contributed by atoms with E-state index in [0.29, 0.717) is 57.8 Å². The van der Waals surface area contributed by atoms with Crippen LogP contribution >= 0.6 is 12.0 Å². The minimum atomic E-state index is -4.82. The summed E-state index contributed by atoms with van der Waals surface area (Å²) in [6.07, 6.45) is 0.715. The number of sulfone groups is 1. The van der Waals surface area contributed by atoms with E-state index in [1.54, 1.807) is 92.0 Å². The molecule has 0 radical (unpaired) electrons. The van der Waals surface area contributed by atoms with Gasteiger partial charge < -0.3 is 18.9 Å². The van der Waals surface area contributed by atoms with Gasteiger partial charge in [-0.05, 0) is 152 Å². The number of carbonyl (C=O) groups excluding carboxylic acids is 1. The molecule has 0 amide bonds. The fourth-order valence-electron chi connectivity index (χ4n) is 5.95. The van der Waals surface area contributed by atoms with Gasteiger partial charge in [-0.25, -0.2) is 13.7 Å². The molecule has 7 rings (SSSR count). The minimum absolute atomic E-state index is 0.0651. The van der Waals surface area contributed by atoms with Crippen LogP contribution in [0.2, 0.25) is 0 Å². The van der Waals surface area contributed by atoms with E-state index in [2.05, 4.69) is 9.37 Å². The average Bonchev–Trinajstić information content (AvgIpc) is 3.29. The van der Waals surface area contributed by atoms with Gasteiger partial charge >= 0.3 is 0 Å². The fraction of sp³-hybridized carbons (Fsp3) is 0.0652. The van der Waals surface area contributed by atoms with E-state index in [4.69, 9.17) is 28.8 Å². The van der Waals surface area contributed by atoms with Crippen LogP contribution in [0.25, 0.3) is 11.1 Å². The van der Waals surface area contributed by atoms with Gasteiger partial charge in [0.2, 0.25) is 9.84 Å². The molecule has 0 spiro atoms. The maximum Gasteiger partial charge on any atom is 0.298 e. The monoisotopic (exact) mass is 974 g/mol. The lowest BCUT2D eigenvalue weighted by atomic mass is 10.0. The van der Waals surface area contributed by atoms with Crippen molar-refractivity contribution in [2.24, 2.45) is 0 Å². The summed E-state index contributed by atoms with van der Waals surface area (Å²) < 4.78 is 115. The molecule has 0 aromatic heterocycles. The van der Waals surface area contributed by atoms with E-state index in [9.17, 15) is 34.6 Å². The zero-order valence-electron chi connectivity index (χ0n) is 34.8. The van der Waals surface area contributed by atoms with Gasteiger partial charge in [0.1, 0.15) is 45.1 Å². The Morgan fingerprint density at radius 3 is 1.42 bits per heavy atom. The topological polar surface area (TPSA) is 236 Å². The summed E-state index contributed by atoms with van der Waals surface area (Å²) in [5.74, 6) is 2.08. The third-order valence-corrected chi connectivity index (χ3v) is 12.4. The molecule has 0 saturated carbocycles. The van der Waals surface area contributed by atoms with E-state index in [-0.39, 0.29) is 43.5 Å². The number of benzene rings is 7. The molecule has 0 bridgehead atoms. The molecular weight excluding hydrogens is 937 g/mol. The largest absolute Gasteiger partial charge is 0.497 e. The van der Waals surface area contributed by atoms with Gasteiger partial charge in [0.05, 0.1) is 40.1 Å². The van der Waals surface area contributed by atoms with Crippen molar-refractivity contribution >= 4 is 47.9 Å². The highest BCUT2D eigenvalue weighted by molar-refractivity contribution is 7.94. The third-order valence-electron chi connectivity index (χ3n) is 9.10. The maximum absolute atomic E-state index is 13.2. The van der Waals surface area contributed by atoms with Crippen LogP contribution in [0.4, 0.5) is 0 Å². The molecule has 0 fully saturated rings. The van der Waals surface area contributed by atoms with Crippen LogP contribution in [0.15, 0.2) is 177 Å². The molecular formula is C46H38O16S4.